The van der Waals surface area contributed by atoms with Crippen LogP contribution in [-0.2, 0) is 0 Å². The summed E-state index contributed by atoms with van der Waals surface area (Å²) in [6.45, 7) is 8.87. The van der Waals surface area contributed by atoms with Crippen LogP contribution in [0.3, 0.4) is 0 Å². The molecule has 3 atom stereocenters. The summed E-state index contributed by atoms with van der Waals surface area (Å²) < 4.78 is 0. The number of hydrogen-bond donors (Lipinski definition) is 1. The van der Waals surface area contributed by atoms with Gasteiger partial charge in [0.05, 0.1) is 0 Å². The Bertz CT molecular complexity index is 365. The van der Waals surface area contributed by atoms with Crippen LogP contribution in [0.2, 0.25) is 0 Å². The minimum Gasteiger partial charge on any atom is -0.356 e. The predicted octanol–water partition coefficient (Wildman–Crippen LogP) is 2.58. The zero-order valence-electron chi connectivity index (χ0n) is 11.1. The summed E-state index contributed by atoms with van der Waals surface area (Å²) in [7, 11) is 0. The topological polar surface area (TPSA) is 42.1 Å². The smallest absolute Gasteiger partial charge is 0.128 e. The number of hydrogen-bond acceptors (Lipinski definition) is 3. The number of nitrogens with zero attached hydrogens (tertiary/aromatic N) is 2. The highest BCUT2D eigenvalue weighted by atomic mass is 15.2. The quantitative estimate of drug-likeness (QED) is 0.853. The van der Waals surface area contributed by atoms with E-state index in [1.165, 1.54) is 12.0 Å². The Labute approximate surface area is 104 Å². The first-order valence-electron chi connectivity index (χ1n) is 6.52. The maximum absolute atomic E-state index is 5.92. The highest BCUT2D eigenvalue weighted by molar-refractivity contribution is 5.42. The normalized spacial score (nSPS) is 26.9. The first-order valence-corrected chi connectivity index (χ1v) is 6.52. The molecule has 0 aliphatic carbocycles. The molecule has 0 bridgehead atoms. The number of anilines is 1. The van der Waals surface area contributed by atoms with E-state index < -0.39 is 0 Å². The molecular weight excluding hydrogens is 210 g/mol. The van der Waals surface area contributed by atoms with Crippen molar-refractivity contribution in [2.75, 3.05) is 18.0 Å². The second kappa shape index (κ2) is 5.05. The molecule has 17 heavy (non-hydrogen) atoms. The Balaban J connectivity index is 2.18. The fourth-order valence-electron chi connectivity index (χ4n) is 2.74. The molecule has 94 valence electrons. The second-order valence-corrected chi connectivity index (χ2v) is 5.59. The van der Waals surface area contributed by atoms with Crippen LogP contribution in [0.25, 0.3) is 0 Å². The minimum atomic E-state index is 0.0800. The van der Waals surface area contributed by atoms with Crippen LogP contribution in [0.5, 0.6) is 0 Å². The van der Waals surface area contributed by atoms with Gasteiger partial charge in [-0.3, -0.25) is 0 Å². The maximum atomic E-state index is 5.92. The van der Waals surface area contributed by atoms with Crippen molar-refractivity contribution in [1.29, 1.82) is 0 Å². The van der Waals surface area contributed by atoms with Crippen LogP contribution >= 0.6 is 0 Å². The Morgan fingerprint density at radius 1 is 1.35 bits per heavy atom. The lowest BCUT2D eigenvalue weighted by molar-refractivity contribution is 0.355. The van der Waals surface area contributed by atoms with Crippen molar-refractivity contribution >= 4 is 5.82 Å². The average Bonchev–Trinajstić information content (AvgIpc) is 2.28. The van der Waals surface area contributed by atoms with Gasteiger partial charge in [-0.05, 0) is 42.9 Å². The second-order valence-electron chi connectivity index (χ2n) is 5.59. The number of aromatic nitrogens is 1. The van der Waals surface area contributed by atoms with Crippen molar-refractivity contribution in [1.82, 2.24) is 4.98 Å². The van der Waals surface area contributed by atoms with Gasteiger partial charge in [-0.25, -0.2) is 4.98 Å². The van der Waals surface area contributed by atoms with Gasteiger partial charge >= 0.3 is 0 Å². The summed E-state index contributed by atoms with van der Waals surface area (Å²) in [6.07, 6.45) is 3.20. The average molecular weight is 233 g/mol. The molecule has 1 aliphatic heterocycles. The molecule has 3 unspecified atom stereocenters. The van der Waals surface area contributed by atoms with Crippen LogP contribution in [0.1, 0.15) is 38.8 Å². The summed E-state index contributed by atoms with van der Waals surface area (Å²) in [5.41, 5.74) is 7.09. The van der Waals surface area contributed by atoms with Crippen molar-refractivity contribution in [2.45, 2.75) is 33.2 Å². The van der Waals surface area contributed by atoms with Crippen molar-refractivity contribution in [2.24, 2.45) is 17.6 Å². The fourth-order valence-corrected chi connectivity index (χ4v) is 2.74. The van der Waals surface area contributed by atoms with E-state index in [2.05, 4.69) is 29.8 Å². The Morgan fingerprint density at radius 2 is 2.00 bits per heavy atom. The molecule has 1 aliphatic rings. The van der Waals surface area contributed by atoms with Crippen molar-refractivity contribution < 1.29 is 0 Å². The monoisotopic (exact) mass is 233 g/mol. The van der Waals surface area contributed by atoms with Gasteiger partial charge in [0.15, 0.2) is 0 Å². The highest BCUT2D eigenvalue weighted by Gasteiger charge is 2.22. The molecule has 2 N–H and O–H groups in total. The van der Waals surface area contributed by atoms with Crippen molar-refractivity contribution in [3.63, 3.8) is 0 Å². The van der Waals surface area contributed by atoms with Crippen LogP contribution in [0, 0.1) is 11.8 Å². The molecule has 1 fully saturated rings. The first kappa shape index (κ1) is 12.4. The zero-order chi connectivity index (χ0) is 12.4. The molecule has 0 spiro atoms. The molecule has 0 amide bonds. The van der Waals surface area contributed by atoms with E-state index in [0.29, 0.717) is 0 Å². The molecule has 0 radical (unpaired) electrons. The third kappa shape index (κ3) is 2.97. The largest absolute Gasteiger partial charge is 0.356 e. The van der Waals surface area contributed by atoms with Crippen LogP contribution < -0.4 is 10.6 Å². The van der Waals surface area contributed by atoms with E-state index in [9.17, 15) is 0 Å². The fraction of sp³-hybridized carbons (Fsp3) is 0.643. The highest BCUT2D eigenvalue weighted by Crippen LogP contribution is 2.26. The number of nitrogens with two attached hydrogens (primary N) is 1. The van der Waals surface area contributed by atoms with E-state index in [0.717, 1.165) is 30.7 Å². The number of rotatable bonds is 2. The van der Waals surface area contributed by atoms with Gasteiger partial charge in [0.1, 0.15) is 5.82 Å². The lowest BCUT2D eigenvalue weighted by Gasteiger charge is -2.36. The summed E-state index contributed by atoms with van der Waals surface area (Å²) in [4.78, 5) is 6.88. The Hall–Kier alpha value is -1.09. The molecule has 3 nitrogen and oxygen atoms in total. The predicted molar refractivity (Wildman–Crippen MR) is 72.0 cm³/mol. The molecule has 2 heterocycles. The van der Waals surface area contributed by atoms with E-state index in [-0.39, 0.29) is 6.04 Å². The number of piperidine rings is 1. The first-order chi connectivity index (χ1) is 8.06. The van der Waals surface area contributed by atoms with Gasteiger partial charge in [-0.1, -0.05) is 13.8 Å². The zero-order valence-corrected chi connectivity index (χ0v) is 11.1. The molecule has 2 rings (SSSR count). The molecule has 1 saturated heterocycles. The molecule has 1 aromatic rings. The van der Waals surface area contributed by atoms with Gasteiger partial charge in [-0.15, -0.1) is 0 Å². The summed E-state index contributed by atoms with van der Waals surface area (Å²) in [6, 6.07) is 4.22. The van der Waals surface area contributed by atoms with Gasteiger partial charge in [0.2, 0.25) is 0 Å². The molecule has 0 saturated carbocycles. The molecular formula is C14H23N3. The van der Waals surface area contributed by atoms with Gasteiger partial charge in [-0.2, -0.15) is 0 Å². The third-order valence-corrected chi connectivity index (χ3v) is 3.49. The van der Waals surface area contributed by atoms with E-state index in [1.54, 1.807) is 0 Å². The minimum absolute atomic E-state index is 0.0800. The third-order valence-electron chi connectivity index (χ3n) is 3.49. The maximum Gasteiger partial charge on any atom is 0.128 e. The lowest BCUT2D eigenvalue weighted by atomic mass is 9.92. The number of pyridine rings is 1. The molecule has 3 heteroatoms. The molecule has 0 aromatic carbocycles. The standard InChI is InChI=1S/C14H23N3/c1-10-6-11(2)9-17(8-10)14-7-13(12(3)15)4-5-16-14/h4-5,7,10-12H,6,8-9,15H2,1-3H3. The van der Waals surface area contributed by atoms with E-state index in [1.807, 2.05) is 19.2 Å². The Morgan fingerprint density at radius 3 is 2.59 bits per heavy atom. The summed E-state index contributed by atoms with van der Waals surface area (Å²) in [5, 5.41) is 0. The summed E-state index contributed by atoms with van der Waals surface area (Å²) >= 11 is 0. The lowest BCUT2D eigenvalue weighted by Crippen LogP contribution is -2.39. The van der Waals surface area contributed by atoms with E-state index in [4.69, 9.17) is 5.73 Å². The van der Waals surface area contributed by atoms with Gasteiger partial charge in [0.25, 0.3) is 0 Å². The van der Waals surface area contributed by atoms with Gasteiger partial charge in [0, 0.05) is 25.3 Å². The van der Waals surface area contributed by atoms with Crippen LogP contribution in [0.15, 0.2) is 18.3 Å². The molecule has 1 aromatic heterocycles. The van der Waals surface area contributed by atoms with Crippen molar-refractivity contribution in [3.05, 3.63) is 23.9 Å². The Kier molecular flexibility index (Phi) is 3.67. The van der Waals surface area contributed by atoms with Crippen LogP contribution in [-0.4, -0.2) is 18.1 Å². The van der Waals surface area contributed by atoms with Crippen LogP contribution in [0.4, 0.5) is 5.82 Å². The van der Waals surface area contributed by atoms with Gasteiger partial charge < -0.3 is 10.6 Å². The van der Waals surface area contributed by atoms with Crippen molar-refractivity contribution in [3.8, 4) is 0 Å². The SMILES string of the molecule is CC1CC(C)CN(c2cc(C(C)N)ccn2)C1. The summed E-state index contributed by atoms with van der Waals surface area (Å²) in [5.74, 6) is 2.58. The van der Waals surface area contributed by atoms with E-state index >= 15 is 0 Å².